The molecule has 7 nitrogen and oxygen atoms in total. The fourth-order valence-corrected chi connectivity index (χ4v) is 3.67. The van der Waals surface area contributed by atoms with Crippen LogP contribution >= 0.6 is 22.9 Å². The van der Waals surface area contributed by atoms with Crippen molar-refractivity contribution in [2.24, 2.45) is 0 Å². The molecule has 0 aliphatic rings. The number of hydrogen-bond donors (Lipinski definition) is 2. The van der Waals surface area contributed by atoms with E-state index in [0.717, 1.165) is 10.1 Å². The molecule has 2 aromatic carbocycles. The van der Waals surface area contributed by atoms with Gasteiger partial charge in [0.1, 0.15) is 4.88 Å². The molecule has 3 aromatic rings. The third kappa shape index (κ3) is 4.30. The molecule has 0 bridgehead atoms. The van der Waals surface area contributed by atoms with Gasteiger partial charge in [-0.1, -0.05) is 29.8 Å². The number of hydrogen-bond acceptors (Lipinski definition) is 5. The molecule has 0 radical (unpaired) electrons. The molecule has 0 spiro atoms. The van der Waals surface area contributed by atoms with Gasteiger partial charge >= 0.3 is 0 Å². The van der Waals surface area contributed by atoms with Gasteiger partial charge < -0.3 is 0 Å². The van der Waals surface area contributed by atoms with E-state index in [-0.39, 0.29) is 5.69 Å². The molecule has 0 aliphatic carbocycles. The van der Waals surface area contributed by atoms with Crippen LogP contribution < -0.4 is 10.9 Å². The SMILES string of the molecule is O=C(/C=C/c1ccc([N+](=O)[O-])cc1)NNC(=O)c1sc2ccccc2c1Cl. The molecular formula is C18H12ClN3O4S. The first kappa shape index (κ1) is 18.6. The van der Waals surface area contributed by atoms with Gasteiger partial charge in [-0.05, 0) is 29.8 Å². The summed E-state index contributed by atoms with van der Waals surface area (Å²) in [5.74, 6) is -1.07. The van der Waals surface area contributed by atoms with Gasteiger partial charge in [-0.15, -0.1) is 11.3 Å². The highest BCUT2D eigenvalue weighted by atomic mass is 35.5. The highest BCUT2D eigenvalue weighted by Crippen LogP contribution is 2.34. The van der Waals surface area contributed by atoms with Crippen LogP contribution in [0.2, 0.25) is 5.02 Å². The lowest BCUT2D eigenvalue weighted by molar-refractivity contribution is -0.384. The predicted octanol–water partition coefficient (Wildman–Crippen LogP) is 3.94. The van der Waals surface area contributed by atoms with Crippen LogP contribution in [0.1, 0.15) is 15.2 Å². The molecule has 9 heteroatoms. The summed E-state index contributed by atoms with van der Waals surface area (Å²) in [6.07, 6.45) is 2.67. The lowest BCUT2D eigenvalue weighted by Gasteiger charge is -2.03. The van der Waals surface area contributed by atoms with E-state index >= 15 is 0 Å². The number of non-ortho nitro benzene ring substituents is 1. The summed E-state index contributed by atoms with van der Waals surface area (Å²) in [6.45, 7) is 0. The molecule has 0 unspecified atom stereocenters. The minimum absolute atomic E-state index is 0.0379. The van der Waals surface area contributed by atoms with Gasteiger partial charge in [-0.2, -0.15) is 0 Å². The van der Waals surface area contributed by atoms with Crippen LogP contribution in [-0.4, -0.2) is 16.7 Å². The summed E-state index contributed by atoms with van der Waals surface area (Å²) in [5.41, 5.74) is 5.14. The second-order valence-electron chi connectivity index (χ2n) is 5.37. The maximum absolute atomic E-state index is 12.2. The van der Waals surface area contributed by atoms with Crippen molar-refractivity contribution in [1.29, 1.82) is 0 Å². The Morgan fingerprint density at radius 3 is 2.44 bits per heavy atom. The third-order valence-corrected chi connectivity index (χ3v) is 5.25. The Hall–Kier alpha value is -3.23. The predicted molar refractivity (Wildman–Crippen MR) is 105 cm³/mol. The van der Waals surface area contributed by atoms with Crippen LogP contribution in [0.15, 0.2) is 54.6 Å². The van der Waals surface area contributed by atoms with E-state index in [9.17, 15) is 19.7 Å². The fraction of sp³-hybridized carbons (Fsp3) is 0. The fourth-order valence-electron chi connectivity index (χ4n) is 2.26. The normalized spacial score (nSPS) is 10.9. The number of fused-ring (bicyclic) bond motifs is 1. The van der Waals surface area contributed by atoms with Crippen LogP contribution in [0.25, 0.3) is 16.2 Å². The smallest absolute Gasteiger partial charge is 0.268 e. The number of nitro benzene ring substituents is 1. The Morgan fingerprint density at radius 2 is 1.78 bits per heavy atom. The summed E-state index contributed by atoms with van der Waals surface area (Å²) in [7, 11) is 0. The quantitative estimate of drug-likeness (QED) is 0.392. The molecule has 136 valence electrons. The first-order valence-electron chi connectivity index (χ1n) is 7.65. The Labute approximate surface area is 162 Å². The van der Waals surface area contributed by atoms with Crippen LogP contribution in [0, 0.1) is 10.1 Å². The highest BCUT2D eigenvalue weighted by Gasteiger charge is 2.16. The van der Waals surface area contributed by atoms with E-state index < -0.39 is 16.7 Å². The first-order chi connectivity index (χ1) is 13.0. The summed E-state index contributed by atoms with van der Waals surface area (Å²) < 4.78 is 0.872. The van der Waals surface area contributed by atoms with Crippen molar-refractivity contribution < 1.29 is 14.5 Å². The number of halogens is 1. The second-order valence-corrected chi connectivity index (χ2v) is 6.80. The van der Waals surface area contributed by atoms with Crippen LogP contribution in [-0.2, 0) is 4.79 Å². The number of nitro groups is 1. The molecule has 27 heavy (non-hydrogen) atoms. The zero-order chi connectivity index (χ0) is 19.4. The highest BCUT2D eigenvalue weighted by molar-refractivity contribution is 7.21. The van der Waals surface area contributed by atoms with E-state index in [2.05, 4.69) is 10.9 Å². The van der Waals surface area contributed by atoms with Crippen molar-refractivity contribution in [2.45, 2.75) is 0 Å². The van der Waals surface area contributed by atoms with Gasteiger partial charge in [0.15, 0.2) is 0 Å². The van der Waals surface area contributed by atoms with Crippen LogP contribution in [0.5, 0.6) is 0 Å². The lowest BCUT2D eigenvalue weighted by atomic mass is 10.2. The van der Waals surface area contributed by atoms with Gasteiger partial charge in [0.2, 0.25) is 0 Å². The van der Waals surface area contributed by atoms with E-state index in [1.54, 1.807) is 0 Å². The lowest BCUT2D eigenvalue weighted by Crippen LogP contribution is -2.40. The summed E-state index contributed by atoms with van der Waals surface area (Å²) >= 11 is 7.45. The molecule has 2 N–H and O–H groups in total. The molecule has 2 amide bonds. The van der Waals surface area contributed by atoms with E-state index in [4.69, 9.17) is 11.6 Å². The Morgan fingerprint density at radius 1 is 1.07 bits per heavy atom. The molecule has 0 atom stereocenters. The maximum atomic E-state index is 12.2. The standard InChI is InChI=1S/C18H12ClN3O4S/c19-16-13-3-1-2-4-14(13)27-17(16)18(24)21-20-15(23)10-7-11-5-8-12(9-6-11)22(25)26/h1-10H,(H,20,23)(H,21,24)/b10-7+. The van der Waals surface area contributed by atoms with E-state index in [1.807, 2.05) is 24.3 Å². The first-order valence-corrected chi connectivity index (χ1v) is 8.85. The van der Waals surface area contributed by atoms with Gasteiger partial charge in [0.05, 0.1) is 9.95 Å². The van der Waals surface area contributed by atoms with Gasteiger partial charge in [0.25, 0.3) is 17.5 Å². The van der Waals surface area contributed by atoms with Crippen LogP contribution in [0.4, 0.5) is 5.69 Å². The van der Waals surface area contributed by atoms with E-state index in [1.165, 1.54) is 47.8 Å². The number of amides is 2. The summed E-state index contributed by atoms with van der Waals surface area (Å²) in [4.78, 5) is 34.5. The summed E-state index contributed by atoms with van der Waals surface area (Å²) in [6, 6.07) is 13.0. The Kier molecular flexibility index (Phi) is 5.49. The molecule has 1 heterocycles. The second kappa shape index (κ2) is 7.98. The third-order valence-electron chi connectivity index (χ3n) is 3.57. The molecule has 0 saturated heterocycles. The number of carbonyl (C=O) groups excluding carboxylic acids is 2. The van der Waals surface area contributed by atoms with Crippen molar-refractivity contribution in [3.63, 3.8) is 0 Å². The number of thiophene rings is 1. The number of nitrogens with one attached hydrogen (secondary N) is 2. The number of hydrazine groups is 1. The Balaban J connectivity index is 1.60. The molecule has 1 aromatic heterocycles. The van der Waals surface area contributed by atoms with Gasteiger partial charge in [0, 0.05) is 28.3 Å². The van der Waals surface area contributed by atoms with Crippen molar-refractivity contribution in [1.82, 2.24) is 10.9 Å². The molecule has 0 fully saturated rings. The zero-order valence-corrected chi connectivity index (χ0v) is 15.2. The number of carbonyl (C=O) groups is 2. The van der Waals surface area contributed by atoms with Crippen molar-refractivity contribution >= 4 is 56.6 Å². The largest absolute Gasteiger partial charge is 0.281 e. The zero-order valence-electron chi connectivity index (χ0n) is 13.6. The summed E-state index contributed by atoms with van der Waals surface area (Å²) in [5, 5.41) is 11.7. The minimum Gasteiger partial charge on any atom is -0.268 e. The van der Waals surface area contributed by atoms with Gasteiger partial charge in [-0.25, -0.2) is 0 Å². The topological polar surface area (TPSA) is 101 Å². The number of nitrogens with zero attached hydrogens (tertiary/aromatic N) is 1. The Bertz CT molecular complexity index is 1060. The molecular weight excluding hydrogens is 390 g/mol. The molecule has 0 aliphatic heterocycles. The average molecular weight is 402 g/mol. The van der Waals surface area contributed by atoms with Gasteiger partial charge in [-0.3, -0.25) is 30.6 Å². The van der Waals surface area contributed by atoms with Crippen LogP contribution in [0.3, 0.4) is 0 Å². The van der Waals surface area contributed by atoms with Crippen molar-refractivity contribution in [3.8, 4) is 0 Å². The van der Waals surface area contributed by atoms with Crippen molar-refractivity contribution in [2.75, 3.05) is 0 Å². The number of rotatable bonds is 4. The molecule has 3 rings (SSSR count). The van der Waals surface area contributed by atoms with E-state index in [0.29, 0.717) is 15.5 Å². The minimum atomic E-state index is -0.557. The molecule has 0 saturated carbocycles. The monoisotopic (exact) mass is 401 g/mol. The van der Waals surface area contributed by atoms with Crippen molar-refractivity contribution in [3.05, 3.63) is 80.2 Å². The average Bonchev–Trinajstić information content (AvgIpc) is 3.02. The number of benzene rings is 2. The maximum Gasteiger partial charge on any atom is 0.281 e.